The minimum atomic E-state index is -0.376. The van der Waals surface area contributed by atoms with Crippen LogP contribution in [0.1, 0.15) is 15.9 Å². The molecule has 1 heterocycles. The first-order valence-electron chi connectivity index (χ1n) is 6.79. The van der Waals surface area contributed by atoms with Gasteiger partial charge in [-0.3, -0.25) is 4.90 Å². The first kappa shape index (κ1) is 15.6. The number of likely N-dealkylation sites (N-methyl/N-ethyl adjacent to an activating group) is 1. The molecule has 1 aromatic rings. The van der Waals surface area contributed by atoms with Crippen molar-refractivity contribution in [3.05, 3.63) is 65.5 Å². The van der Waals surface area contributed by atoms with Gasteiger partial charge in [0.1, 0.15) is 0 Å². The molecule has 114 valence electrons. The van der Waals surface area contributed by atoms with Gasteiger partial charge in [-0.25, -0.2) is 9.59 Å². The number of esters is 1. The van der Waals surface area contributed by atoms with E-state index in [1.807, 2.05) is 30.4 Å². The zero-order valence-corrected chi connectivity index (χ0v) is 12.8. The Hall–Kier alpha value is -2.82. The van der Waals surface area contributed by atoms with Crippen molar-refractivity contribution >= 4 is 18.1 Å². The Morgan fingerprint density at radius 1 is 1.23 bits per heavy atom. The van der Waals surface area contributed by atoms with E-state index < -0.39 is 0 Å². The van der Waals surface area contributed by atoms with E-state index in [1.165, 1.54) is 12.0 Å². The summed E-state index contributed by atoms with van der Waals surface area (Å²) in [4.78, 5) is 26.6. The summed E-state index contributed by atoms with van der Waals surface area (Å²) in [7, 11) is 4.77. The maximum absolute atomic E-state index is 11.8. The summed E-state index contributed by atoms with van der Waals surface area (Å²) in [5.74, 6) is -0.376. The summed E-state index contributed by atoms with van der Waals surface area (Å²) in [6.45, 7) is 0. The van der Waals surface area contributed by atoms with E-state index in [2.05, 4.69) is 0 Å². The highest BCUT2D eigenvalue weighted by Gasteiger charge is 2.18. The summed E-state index contributed by atoms with van der Waals surface area (Å²) in [5, 5.41) is 0. The van der Waals surface area contributed by atoms with Crippen molar-refractivity contribution in [1.82, 2.24) is 9.80 Å². The Kier molecular flexibility index (Phi) is 4.78. The van der Waals surface area contributed by atoms with Crippen LogP contribution >= 0.6 is 0 Å². The number of benzene rings is 1. The van der Waals surface area contributed by atoms with Gasteiger partial charge in [0.05, 0.1) is 12.7 Å². The number of ether oxygens (including phenoxy) is 1. The first-order valence-corrected chi connectivity index (χ1v) is 6.79. The predicted octanol–water partition coefficient (Wildman–Crippen LogP) is 2.88. The highest BCUT2D eigenvalue weighted by molar-refractivity contribution is 5.93. The van der Waals surface area contributed by atoms with Gasteiger partial charge in [-0.15, -0.1) is 0 Å². The van der Waals surface area contributed by atoms with Crippen LogP contribution in [0.2, 0.25) is 0 Å². The highest BCUT2D eigenvalue weighted by Crippen LogP contribution is 2.15. The van der Waals surface area contributed by atoms with Crippen LogP contribution in [-0.4, -0.2) is 43.0 Å². The standard InChI is InChI=1S/C17H18N2O3/c1-18-12-11-14(19(2)17(18)21)9-6-8-13-7-4-5-10-15(13)16(20)22-3/h4-12H,1-3H3/b8-6+,14-9+. The van der Waals surface area contributed by atoms with Gasteiger partial charge >= 0.3 is 12.0 Å². The van der Waals surface area contributed by atoms with E-state index >= 15 is 0 Å². The predicted molar refractivity (Wildman–Crippen MR) is 85.0 cm³/mol. The lowest BCUT2D eigenvalue weighted by Gasteiger charge is -2.27. The summed E-state index contributed by atoms with van der Waals surface area (Å²) in [6.07, 6.45) is 8.98. The largest absolute Gasteiger partial charge is 0.465 e. The maximum Gasteiger partial charge on any atom is 0.338 e. The Morgan fingerprint density at radius 3 is 2.68 bits per heavy atom. The van der Waals surface area contributed by atoms with Crippen LogP contribution in [0.5, 0.6) is 0 Å². The van der Waals surface area contributed by atoms with Crippen molar-refractivity contribution in [2.75, 3.05) is 21.2 Å². The molecule has 2 rings (SSSR count). The van der Waals surface area contributed by atoms with Gasteiger partial charge in [-0.05, 0) is 23.8 Å². The Bertz CT molecular complexity index is 674. The minimum absolute atomic E-state index is 0.0999. The molecule has 0 fully saturated rings. The van der Waals surface area contributed by atoms with Gasteiger partial charge in [0.15, 0.2) is 0 Å². The summed E-state index contributed by atoms with van der Waals surface area (Å²) >= 11 is 0. The van der Waals surface area contributed by atoms with E-state index in [0.717, 1.165) is 11.3 Å². The normalized spacial score (nSPS) is 16.7. The molecule has 1 aliphatic rings. The lowest BCUT2D eigenvalue weighted by molar-refractivity contribution is 0.0600. The maximum atomic E-state index is 11.8. The molecule has 0 N–H and O–H groups in total. The third-order valence-electron chi connectivity index (χ3n) is 3.35. The van der Waals surface area contributed by atoms with Crippen LogP contribution in [0.25, 0.3) is 6.08 Å². The average molecular weight is 298 g/mol. The van der Waals surface area contributed by atoms with Gasteiger partial charge in [-0.1, -0.05) is 30.4 Å². The van der Waals surface area contributed by atoms with Gasteiger partial charge in [0.25, 0.3) is 0 Å². The molecule has 1 aromatic carbocycles. The number of urea groups is 1. The van der Waals surface area contributed by atoms with E-state index in [1.54, 1.807) is 43.4 Å². The Labute approximate surface area is 129 Å². The molecule has 5 heteroatoms. The number of allylic oxidation sites excluding steroid dienone is 3. The molecule has 0 saturated heterocycles. The minimum Gasteiger partial charge on any atom is -0.465 e. The lowest BCUT2D eigenvalue weighted by Crippen LogP contribution is -2.37. The Balaban J connectivity index is 2.23. The number of carbonyl (C=O) groups excluding carboxylic acids is 2. The molecule has 0 atom stereocenters. The fourth-order valence-corrected chi connectivity index (χ4v) is 2.07. The quantitative estimate of drug-likeness (QED) is 0.806. The zero-order valence-electron chi connectivity index (χ0n) is 12.8. The fraction of sp³-hybridized carbons (Fsp3) is 0.176. The first-order chi connectivity index (χ1) is 10.5. The van der Waals surface area contributed by atoms with Crippen molar-refractivity contribution in [3.8, 4) is 0 Å². The number of rotatable bonds is 3. The summed E-state index contributed by atoms with van der Waals surface area (Å²) in [6, 6.07) is 7.08. The number of nitrogens with zero attached hydrogens (tertiary/aromatic N) is 2. The van der Waals surface area contributed by atoms with Crippen molar-refractivity contribution in [2.24, 2.45) is 0 Å². The lowest BCUT2D eigenvalue weighted by atomic mass is 10.1. The summed E-state index contributed by atoms with van der Waals surface area (Å²) in [5.41, 5.74) is 2.04. The van der Waals surface area contributed by atoms with Crippen molar-refractivity contribution in [1.29, 1.82) is 0 Å². The molecule has 0 aromatic heterocycles. The number of carbonyl (C=O) groups is 2. The molecular weight excluding hydrogens is 280 g/mol. The third kappa shape index (κ3) is 3.25. The second kappa shape index (κ2) is 6.76. The topological polar surface area (TPSA) is 49.9 Å². The van der Waals surface area contributed by atoms with E-state index in [9.17, 15) is 9.59 Å². The molecule has 0 aliphatic carbocycles. The number of methoxy groups -OCH3 is 1. The molecule has 0 radical (unpaired) electrons. The molecule has 0 spiro atoms. The Morgan fingerprint density at radius 2 is 1.95 bits per heavy atom. The molecule has 2 amide bonds. The smallest absolute Gasteiger partial charge is 0.338 e. The molecule has 0 unspecified atom stereocenters. The SMILES string of the molecule is COC(=O)c1ccccc1/C=C/C=C1\C=CN(C)C(=O)N1C. The molecule has 22 heavy (non-hydrogen) atoms. The van der Waals surface area contributed by atoms with Crippen LogP contribution in [0.4, 0.5) is 4.79 Å². The second-order valence-electron chi connectivity index (χ2n) is 4.80. The van der Waals surface area contributed by atoms with E-state index in [4.69, 9.17) is 4.74 Å². The highest BCUT2D eigenvalue weighted by atomic mass is 16.5. The van der Waals surface area contributed by atoms with E-state index in [-0.39, 0.29) is 12.0 Å². The van der Waals surface area contributed by atoms with Crippen LogP contribution in [-0.2, 0) is 4.74 Å². The van der Waals surface area contributed by atoms with Gasteiger partial charge in [0.2, 0.25) is 0 Å². The molecule has 1 aliphatic heterocycles. The van der Waals surface area contributed by atoms with Crippen molar-refractivity contribution in [3.63, 3.8) is 0 Å². The van der Waals surface area contributed by atoms with Crippen LogP contribution in [0, 0.1) is 0 Å². The van der Waals surface area contributed by atoms with Crippen LogP contribution in [0.3, 0.4) is 0 Å². The van der Waals surface area contributed by atoms with Gasteiger partial charge in [-0.2, -0.15) is 0 Å². The van der Waals surface area contributed by atoms with Crippen molar-refractivity contribution in [2.45, 2.75) is 0 Å². The molecule has 5 nitrogen and oxygen atoms in total. The molecular formula is C17H18N2O3. The van der Waals surface area contributed by atoms with Crippen molar-refractivity contribution < 1.29 is 14.3 Å². The second-order valence-corrected chi connectivity index (χ2v) is 4.80. The molecule has 0 bridgehead atoms. The monoisotopic (exact) mass is 298 g/mol. The van der Waals surface area contributed by atoms with Gasteiger partial charge < -0.3 is 9.64 Å². The third-order valence-corrected chi connectivity index (χ3v) is 3.35. The molecule has 0 saturated carbocycles. The van der Waals surface area contributed by atoms with E-state index in [0.29, 0.717) is 5.56 Å². The fourth-order valence-electron chi connectivity index (χ4n) is 2.07. The number of amides is 2. The van der Waals surface area contributed by atoms with Crippen LogP contribution < -0.4 is 0 Å². The zero-order chi connectivity index (χ0) is 16.1. The van der Waals surface area contributed by atoms with Crippen LogP contribution in [0.15, 0.2) is 54.4 Å². The number of hydrogen-bond donors (Lipinski definition) is 0. The number of hydrogen-bond acceptors (Lipinski definition) is 3. The average Bonchev–Trinajstić information content (AvgIpc) is 2.54. The van der Waals surface area contributed by atoms with Gasteiger partial charge in [0, 0.05) is 26.0 Å². The summed E-state index contributed by atoms with van der Waals surface area (Å²) < 4.78 is 4.76.